The van der Waals surface area contributed by atoms with Gasteiger partial charge in [0.15, 0.2) is 0 Å². The van der Waals surface area contributed by atoms with Crippen LogP contribution in [-0.4, -0.2) is 41.5 Å². The molecule has 0 spiro atoms. The molecule has 0 saturated carbocycles. The summed E-state index contributed by atoms with van der Waals surface area (Å²) in [5, 5.41) is 0.588. The highest BCUT2D eigenvalue weighted by Gasteiger charge is 2.46. The molecule has 1 aromatic carbocycles. The molecule has 114 valence electrons. The van der Waals surface area contributed by atoms with Crippen molar-refractivity contribution < 1.29 is 0 Å². The molecule has 4 nitrogen and oxygen atoms in total. The predicted octanol–water partition coefficient (Wildman–Crippen LogP) is 2.87. The summed E-state index contributed by atoms with van der Waals surface area (Å²) in [6.45, 7) is 3.17. The fourth-order valence-electron chi connectivity index (χ4n) is 4.04. The first-order chi connectivity index (χ1) is 10.7. The zero-order valence-corrected chi connectivity index (χ0v) is 13.3. The van der Waals surface area contributed by atoms with Crippen LogP contribution in [0, 0.1) is 11.8 Å². The Bertz CT molecular complexity index is 645. The van der Waals surface area contributed by atoms with Crippen molar-refractivity contribution in [3.05, 3.63) is 53.3 Å². The van der Waals surface area contributed by atoms with E-state index in [9.17, 15) is 0 Å². The maximum Gasteiger partial charge on any atom is 0.225 e. The molecule has 5 heteroatoms. The predicted molar refractivity (Wildman–Crippen MR) is 88.0 cm³/mol. The summed E-state index contributed by atoms with van der Waals surface area (Å²) < 4.78 is 0. The van der Waals surface area contributed by atoms with Crippen molar-refractivity contribution in [3.8, 4) is 0 Å². The SMILES string of the molecule is CN1CC2CN(c3ncc(Cl)cn3)CC2C1c1ccccc1. The standard InChI is InChI=1S/C17H19ClN4/c1-21-9-13-10-22(17-19-7-14(18)8-20-17)11-15(13)16(21)12-5-3-2-4-6-12/h2-8,13,15-16H,9-11H2,1H3. The first-order valence-corrected chi connectivity index (χ1v) is 8.08. The van der Waals surface area contributed by atoms with Crippen molar-refractivity contribution in [3.63, 3.8) is 0 Å². The van der Waals surface area contributed by atoms with Gasteiger partial charge in [-0.25, -0.2) is 9.97 Å². The summed E-state index contributed by atoms with van der Waals surface area (Å²) in [6.07, 6.45) is 3.36. The van der Waals surface area contributed by atoms with Gasteiger partial charge in [-0.2, -0.15) is 0 Å². The van der Waals surface area contributed by atoms with E-state index >= 15 is 0 Å². The molecule has 1 aromatic heterocycles. The number of halogens is 1. The lowest BCUT2D eigenvalue weighted by Crippen LogP contribution is -2.29. The van der Waals surface area contributed by atoms with E-state index in [1.807, 2.05) is 0 Å². The highest BCUT2D eigenvalue weighted by atomic mass is 35.5. The van der Waals surface area contributed by atoms with Gasteiger partial charge in [-0.1, -0.05) is 41.9 Å². The van der Waals surface area contributed by atoms with E-state index in [1.54, 1.807) is 12.4 Å². The number of likely N-dealkylation sites (tertiary alicyclic amines) is 1. The van der Waals surface area contributed by atoms with E-state index in [4.69, 9.17) is 11.6 Å². The van der Waals surface area contributed by atoms with Crippen molar-refractivity contribution in [2.75, 3.05) is 31.6 Å². The molecule has 0 bridgehead atoms. The number of hydrogen-bond acceptors (Lipinski definition) is 4. The molecule has 0 amide bonds. The quantitative estimate of drug-likeness (QED) is 0.853. The number of hydrogen-bond donors (Lipinski definition) is 0. The van der Waals surface area contributed by atoms with Crippen LogP contribution >= 0.6 is 11.6 Å². The Morgan fingerprint density at radius 2 is 1.77 bits per heavy atom. The molecule has 22 heavy (non-hydrogen) atoms. The highest BCUT2D eigenvalue weighted by Crippen LogP contribution is 2.44. The van der Waals surface area contributed by atoms with Crippen LogP contribution in [0.5, 0.6) is 0 Å². The van der Waals surface area contributed by atoms with E-state index in [2.05, 4.69) is 57.1 Å². The van der Waals surface area contributed by atoms with E-state index in [1.165, 1.54) is 5.56 Å². The Labute approximate surface area is 135 Å². The van der Waals surface area contributed by atoms with Crippen LogP contribution in [0.4, 0.5) is 5.95 Å². The van der Waals surface area contributed by atoms with Crippen molar-refractivity contribution in [2.24, 2.45) is 11.8 Å². The molecule has 3 atom stereocenters. The van der Waals surface area contributed by atoms with Crippen molar-refractivity contribution in [2.45, 2.75) is 6.04 Å². The zero-order chi connectivity index (χ0) is 15.1. The van der Waals surface area contributed by atoms with Crippen LogP contribution in [-0.2, 0) is 0 Å². The third-order valence-corrected chi connectivity index (χ3v) is 5.12. The zero-order valence-electron chi connectivity index (χ0n) is 12.6. The van der Waals surface area contributed by atoms with Crippen LogP contribution in [0.3, 0.4) is 0 Å². The van der Waals surface area contributed by atoms with Crippen LogP contribution in [0.2, 0.25) is 5.02 Å². The number of rotatable bonds is 2. The number of anilines is 1. The van der Waals surface area contributed by atoms with Crippen LogP contribution in [0.25, 0.3) is 0 Å². The maximum atomic E-state index is 5.89. The molecule has 4 rings (SSSR count). The third kappa shape index (κ3) is 2.36. The second kappa shape index (κ2) is 5.52. The van der Waals surface area contributed by atoms with Gasteiger partial charge < -0.3 is 4.90 Å². The van der Waals surface area contributed by atoms with E-state index in [0.29, 0.717) is 22.9 Å². The van der Waals surface area contributed by atoms with Crippen LogP contribution in [0.1, 0.15) is 11.6 Å². The topological polar surface area (TPSA) is 32.3 Å². The van der Waals surface area contributed by atoms with Gasteiger partial charge in [0.25, 0.3) is 0 Å². The summed E-state index contributed by atoms with van der Waals surface area (Å²) in [5.74, 6) is 2.11. The summed E-state index contributed by atoms with van der Waals surface area (Å²) >= 11 is 5.89. The molecule has 2 saturated heterocycles. The van der Waals surface area contributed by atoms with Crippen LogP contribution in [0.15, 0.2) is 42.7 Å². The number of aromatic nitrogens is 2. The molecular weight excluding hydrogens is 296 g/mol. The lowest BCUT2D eigenvalue weighted by molar-refractivity contribution is 0.279. The smallest absolute Gasteiger partial charge is 0.225 e. The highest BCUT2D eigenvalue weighted by molar-refractivity contribution is 6.30. The maximum absolute atomic E-state index is 5.89. The first-order valence-electron chi connectivity index (χ1n) is 7.70. The molecule has 2 aliphatic rings. The normalized spacial score (nSPS) is 28.1. The lowest BCUT2D eigenvalue weighted by Gasteiger charge is -2.26. The number of benzene rings is 1. The fourth-order valence-corrected chi connectivity index (χ4v) is 4.14. The summed E-state index contributed by atoms with van der Waals surface area (Å²) in [4.78, 5) is 13.5. The average molecular weight is 315 g/mol. The number of fused-ring (bicyclic) bond motifs is 1. The van der Waals surface area contributed by atoms with Crippen molar-refractivity contribution >= 4 is 17.5 Å². The van der Waals surface area contributed by atoms with Gasteiger partial charge in [-0.05, 0) is 18.5 Å². The third-order valence-electron chi connectivity index (χ3n) is 4.93. The van der Waals surface area contributed by atoms with Crippen molar-refractivity contribution in [1.29, 1.82) is 0 Å². The second-order valence-corrected chi connectivity index (χ2v) is 6.76. The van der Waals surface area contributed by atoms with Crippen LogP contribution < -0.4 is 4.90 Å². The van der Waals surface area contributed by atoms with Gasteiger partial charge in [0.1, 0.15) is 0 Å². The van der Waals surface area contributed by atoms with Gasteiger partial charge in [-0.3, -0.25) is 4.90 Å². The Kier molecular flexibility index (Phi) is 3.51. The minimum Gasteiger partial charge on any atom is -0.340 e. The Hall–Kier alpha value is -1.65. The molecular formula is C17H19ClN4. The Morgan fingerprint density at radius 3 is 2.50 bits per heavy atom. The van der Waals surface area contributed by atoms with Gasteiger partial charge in [-0.15, -0.1) is 0 Å². The van der Waals surface area contributed by atoms with Gasteiger partial charge in [0.05, 0.1) is 17.4 Å². The molecule has 0 N–H and O–H groups in total. The molecule has 0 radical (unpaired) electrons. The molecule has 0 aliphatic carbocycles. The van der Waals surface area contributed by atoms with Gasteiger partial charge >= 0.3 is 0 Å². The molecule has 2 aliphatic heterocycles. The minimum atomic E-state index is 0.489. The molecule has 3 unspecified atom stereocenters. The summed E-state index contributed by atoms with van der Waals surface area (Å²) in [7, 11) is 2.24. The first kappa shape index (κ1) is 14.0. The summed E-state index contributed by atoms with van der Waals surface area (Å²) in [6, 6.07) is 11.3. The fraction of sp³-hybridized carbons (Fsp3) is 0.412. The van der Waals surface area contributed by atoms with Gasteiger partial charge in [0.2, 0.25) is 5.95 Å². The number of nitrogens with zero attached hydrogens (tertiary/aromatic N) is 4. The van der Waals surface area contributed by atoms with E-state index in [-0.39, 0.29) is 0 Å². The van der Waals surface area contributed by atoms with E-state index in [0.717, 1.165) is 25.6 Å². The Morgan fingerprint density at radius 1 is 1.05 bits per heavy atom. The molecule has 3 heterocycles. The monoisotopic (exact) mass is 314 g/mol. The lowest BCUT2D eigenvalue weighted by atomic mass is 9.90. The molecule has 2 aromatic rings. The molecule has 2 fully saturated rings. The van der Waals surface area contributed by atoms with Crippen molar-refractivity contribution in [1.82, 2.24) is 14.9 Å². The second-order valence-electron chi connectivity index (χ2n) is 6.33. The average Bonchev–Trinajstić information content (AvgIpc) is 3.05. The summed E-state index contributed by atoms with van der Waals surface area (Å²) in [5.41, 5.74) is 1.41. The largest absolute Gasteiger partial charge is 0.340 e. The van der Waals surface area contributed by atoms with Gasteiger partial charge in [0, 0.05) is 31.6 Å². The van der Waals surface area contributed by atoms with E-state index < -0.39 is 0 Å². The Balaban J connectivity index is 1.57. The minimum absolute atomic E-state index is 0.489.